The van der Waals surface area contributed by atoms with Crippen LogP contribution in [0, 0.1) is 0 Å². The Hall–Kier alpha value is -3.02. The highest BCUT2D eigenvalue weighted by Gasteiger charge is 2.15. The van der Waals surface area contributed by atoms with Crippen molar-refractivity contribution in [2.45, 2.75) is 13.3 Å². The fourth-order valence-electron chi connectivity index (χ4n) is 2.32. The van der Waals surface area contributed by atoms with Gasteiger partial charge >= 0.3 is 0 Å². The zero-order chi connectivity index (χ0) is 16.9. The van der Waals surface area contributed by atoms with Crippen LogP contribution in [0.1, 0.15) is 34.1 Å². The molecule has 1 aliphatic heterocycles. The minimum Gasteiger partial charge on any atom is -0.454 e. The molecule has 6 heteroatoms. The van der Waals surface area contributed by atoms with Crippen LogP contribution in [0.15, 0.2) is 42.5 Å². The van der Waals surface area contributed by atoms with Gasteiger partial charge < -0.3 is 20.1 Å². The van der Waals surface area contributed by atoms with Crippen molar-refractivity contribution in [3.8, 4) is 11.5 Å². The van der Waals surface area contributed by atoms with Crippen LogP contribution in [-0.2, 0) is 0 Å². The van der Waals surface area contributed by atoms with E-state index in [4.69, 9.17) is 9.47 Å². The topological polar surface area (TPSA) is 76.7 Å². The molecule has 6 nitrogen and oxygen atoms in total. The van der Waals surface area contributed by atoms with Gasteiger partial charge in [-0.05, 0) is 36.8 Å². The lowest BCUT2D eigenvalue weighted by molar-refractivity contribution is 0.0953. The summed E-state index contributed by atoms with van der Waals surface area (Å²) in [4.78, 5) is 24.4. The average Bonchev–Trinajstić information content (AvgIpc) is 3.07. The molecule has 1 aliphatic rings. The van der Waals surface area contributed by atoms with E-state index in [1.165, 1.54) is 0 Å². The van der Waals surface area contributed by atoms with Gasteiger partial charge in [0.25, 0.3) is 11.8 Å². The zero-order valence-corrected chi connectivity index (χ0v) is 13.3. The molecule has 0 aromatic heterocycles. The molecular weight excluding hydrogens is 308 g/mol. The van der Waals surface area contributed by atoms with Crippen molar-refractivity contribution in [3.63, 3.8) is 0 Å². The van der Waals surface area contributed by atoms with E-state index in [9.17, 15) is 9.59 Å². The third-order valence-corrected chi connectivity index (χ3v) is 3.55. The van der Waals surface area contributed by atoms with Crippen molar-refractivity contribution in [3.05, 3.63) is 53.6 Å². The van der Waals surface area contributed by atoms with Gasteiger partial charge in [-0.25, -0.2) is 0 Å². The van der Waals surface area contributed by atoms with Crippen molar-refractivity contribution < 1.29 is 19.1 Å². The van der Waals surface area contributed by atoms with Gasteiger partial charge in [0, 0.05) is 29.4 Å². The Morgan fingerprint density at radius 1 is 1.00 bits per heavy atom. The van der Waals surface area contributed by atoms with E-state index in [0.717, 1.165) is 6.42 Å². The van der Waals surface area contributed by atoms with Crippen LogP contribution in [0.3, 0.4) is 0 Å². The molecule has 124 valence electrons. The van der Waals surface area contributed by atoms with Gasteiger partial charge in [0.05, 0.1) is 0 Å². The highest BCUT2D eigenvalue weighted by Crippen LogP contribution is 2.34. The molecule has 3 rings (SSSR count). The number of amides is 2. The number of benzene rings is 2. The zero-order valence-electron chi connectivity index (χ0n) is 13.3. The Kier molecular flexibility index (Phi) is 4.65. The second-order valence-corrected chi connectivity index (χ2v) is 5.36. The normalized spacial score (nSPS) is 11.9. The maximum atomic E-state index is 12.4. The summed E-state index contributed by atoms with van der Waals surface area (Å²) in [7, 11) is 0. The van der Waals surface area contributed by atoms with Crippen molar-refractivity contribution >= 4 is 17.5 Å². The van der Waals surface area contributed by atoms with Gasteiger partial charge in [-0.2, -0.15) is 0 Å². The summed E-state index contributed by atoms with van der Waals surface area (Å²) in [5.41, 5.74) is 1.48. The number of carbonyl (C=O) groups is 2. The van der Waals surface area contributed by atoms with E-state index in [2.05, 4.69) is 10.6 Å². The SMILES string of the molecule is CCCNC(=O)c1cccc(C(=O)Nc2ccc3c(c2)OCO3)c1. The summed E-state index contributed by atoms with van der Waals surface area (Å²) in [6.07, 6.45) is 0.857. The molecule has 0 atom stereocenters. The molecule has 0 radical (unpaired) electrons. The number of anilines is 1. The Bertz CT molecular complexity index is 773. The third-order valence-electron chi connectivity index (χ3n) is 3.55. The number of hydrogen-bond donors (Lipinski definition) is 2. The minimum atomic E-state index is -0.293. The van der Waals surface area contributed by atoms with Crippen molar-refractivity contribution in [1.82, 2.24) is 5.32 Å². The molecule has 0 unspecified atom stereocenters. The van der Waals surface area contributed by atoms with Crippen LogP contribution in [0.5, 0.6) is 11.5 Å². The predicted octanol–water partition coefficient (Wildman–Crippen LogP) is 2.81. The first-order valence-electron chi connectivity index (χ1n) is 7.76. The maximum Gasteiger partial charge on any atom is 0.255 e. The van der Waals surface area contributed by atoms with Gasteiger partial charge in [-0.15, -0.1) is 0 Å². The van der Waals surface area contributed by atoms with Gasteiger partial charge in [0.15, 0.2) is 11.5 Å². The molecule has 0 fully saturated rings. The first-order valence-corrected chi connectivity index (χ1v) is 7.76. The fourth-order valence-corrected chi connectivity index (χ4v) is 2.32. The van der Waals surface area contributed by atoms with Crippen LogP contribution >= 0.6 is 0 Å². The van der Waals surface area contributed by atoms with Gasteiger partial charge in [-0.3, -0.25) is 9.59 Å². The first kappa shape index (κ1) is 15.9. The second-order valence-electron chi connectivity index (χ2n) is 5.36. The van der Waals surface area contributed by atoms with E-state index < -0.39 is 0 Å². The maximum absolute atomic E-state index is 12.4. The van der Waals surface area contributed by atoms with Crippen LogP contribution < -0.4 is 20.1 Å². The molecule has 2 aromatic rings. The van der Waals surface area contributed by atoms with Gasteiger partial charge in [0.2, 0.25) is 6.79 Å². The molecule has 2 amide bonds. The summed E-state index contributed by atoms with van der Waals surface area (Å²) >= 11 is 0. The number of fused-ring (bicyclic) bond motifs is 1. The second kappa shape index (κ2) is 7.04. The number of rotatable bonds is 5. The van der Waals surface area contributed by atoms with Gasteiger partial charge in [0.1, 0.15) is 0 Å². The quantitative estimate of drug-likeness (QED) is 0.886. The molecule has 0 saturated heterocycles. The minimum absolute atomic E-state index is 0.182. The largest absolute Gasteiger partial charge is 0.454 e. The molecule has 0 aliphatic carbocycles. The molecule has 1 heterocycles. The highest BCUT2D eigenvalue weighted by atomic mass is 16.7. The van der Waals surface area contributed by atoms with Crippen LogP contribution in [0.25, 0.3) is 0 Å². The van der Waals surface area contributed by atoms with E-state index in [-0.39, 0.29) is 18.6 Å². The van der Waals surface area contributed by atoms with Crippen LogP contribution in [0.2, 0.25) is 0 Å². The summed E-state index contributed by atoms with van der Waals surface area (Å²) < 4.78 is 10.5. The Labute approximate surface area is 139 Å². The highest BCUT2D eigenvalue weighted by molar-refractivity contribution is 6.06. The molecule has 0 spiro atoms. The van der Waals surface area contributed by atoms with Crippen molar-refractivity contribution in [2.75, 3.05) is 18.7 Å². The summed E-state index contributed by atoms with van der Waals surface area (Å²) in [5.74, 6) is 0.775. The Balaban J connectivity index is 1.72. The summed E-state index contributed by atoms with van der Waals surface area (Å²) in [5, 5.41) is 5.58. The lowest BCUT2D eigenvalue weighted by atomic mass is 10.1. The van der Waals surface area contributed by atoms with Crippen molar-refractivity contribution in [2.24, 2.45) is 0 Å². The lowest BCUT2D eigenvalue weighted by Crippen LogP contribution is -2.24. The molecule has 0 saturated carbocycles. The number of nitrogens with one attached hydrogen (secondary N) is 2. The third kappa shape index (κ3) is 3.48. The van der Waals surface area contributed by atoms with E-state index >= 15 is 0 Å². The molecular formula is C18H18N2O4. The monoisotopic (exact) mass is 326 g/mol. The standard InChI is InChI=1S/C18H18N2O4/c1-2-8-19-17(21)12-4-3-5-13(9-12)18(22)20-14-6-7-15-16(10-14)24-11-23-15/h3-7,9-10H,2,8,11H2,1H3,(H,19,21)(H,20,22). The average molecular weight is 326 g/mol. The van der Waals surface area contributed by atoms with Crippen molar-refractivity contribution in [1.29, 1.82) is 0 Å². The van der Waals surface area contributed by atoms with E-state index in [0.29, 0.717) is 34.9 Å². The molecule has 24 heavy (non-hydrogen) atoms. The Morgan fingerprint density at radius 2 is 1.75 bits per heavy atom. The number of carbonyl (C=O) groups excluding carboxylic acids is 2. The number of ether oxygens (including phenoxy) is 2. The van der Waals surface area contributed by atoms with Gasteiger partial charge in [-0.1, -0.05) is 13.0 Å². The van der Waals surface area contributed by atoms with Crippen LogP contribution in [0.4, 0.5) is 5.69 Å². The molecule has 0 bridgehead atoms. The molecule has 2 aromatic carbocycles. The lowest BCUT2D eigenvalue weighted by Gasteiger charge is -2.08. The summed E-state index contributed by atoms with van der Waals surface area (Å²) in [6.45, 7) is 2.77. The fraction of sp³-hybridized carbons (Fsp3) is 0.222. The summed E-state index contributed by atoms with van der Waals surface area (Å²) in [6, 6.07) is 11.8. The number of hydrogen-bond acceptors (Lipinski definition) is 4. The first-order chi connectivity index (χ1) is 11.7. The Morgan fingerprint density at radius 3 is 2.54 bits per heavy atom. The predicted molar refractivity (Wildman–Crippen MR) is 89.6 cm³/mol. The van der Waals surface area contributed by atoms with Crippen LogP contribution in [-0.4, -0.2) is 25.2 Å². The smallest absolute Gasteiger partial charge is 0.255 e. The van der Waals surface area contributed by atoms with E-state index in [1.807, 2.05) is 6.92 Å². The molecule has 2 N–H and O–H groups in total. The van der Waals surface area contributed by atoms with E-state index in [1.54, 1.807) is 42.5 Å².